The quantitative estimate of drug-likeness (QED) is 0.466. The molecule has 1 amide bonds. The number of carbonyl (C=O) groups is 1. The van der Waals surface area contributed by atoms with Crippen LogP contribution in [0, 0.1) is 0 Å². The maximum Gasteiger partial charge on any atom is 0.268 e. The summed E-state index contributed by atoms with van der Waals surface area (Å²) in [6.45, 7) is 0. The molecule has 0 aliphatic rings. The number of nitrogens with one attached hydrogen (secondary N) is 1. The normalized spacial score (nSPS) is 10.4. The van der Waals surface area contributed by atoms with Crippen molar-refractivity contribution in [2.24, 2.45) is 5.84 Å². The minimum Gasteiger partial charge on any atom is -0.290 e. The van der Waals surface area contributed by atoms with Gasteiger partial charge in [0.15, 0.2) is 0 Å². The molecule has 1 aromatic heterocycles. The van der Waals surface area contributed by atoms with Crippen LogP contribution in [0.2, 0.25) is 10.0 Å². The van der Waals surface area contributed by atoms with Crippen LogP contribution in [-0.2, 0) is 0 Å². The molecule has 0 saturated carbocycles. The zero-order valence-electron chi connectivity index (χ0n) is 8.00. The Hall–Kier alpha value is -1.36. The number of rotatable bonds is 1. The number of nitrogen functional groups attached to an aromatic ring is 1. The van der Waals surface area contributed by atoms with Gasteiger partial charge in [0, 0.05) is 11.6 Å². The summed E-state index contributed by atoms with van der Waals surface area (Å²) in [6.07, 6.45) is 1.45. The van der Waals surface area contributed by atoms with Crippen LogP contribution < -0.4 is 11.3 Å². The van der Waals surface area contributed by atoms with Crippen molar-refractivity contribution >= 4 is 40.0 Å². The zero-order chi connectivity index (χ0) is 11.7. The fraction of sp³-hybridized carbons (Fsp3) is 0. The van der Waals surface area contributed by atoms with Gasteiger partial charge in [-0.3, -0.25) is 15.2 Å². The first-order valence-corrected chi connectivity index (χ1v) is 5.14. The number of pyridine rings is 1. The molecule has 1 aromatic carbocycles. The Morgan fingerprint density at radius 1 is 1.38 bits per heavy atom. The van der Waals surface area contributed by atoms with Crippen LogP contribution in [0.5, 0.6) is 0 Å². The number of nitrogens with two attached hydrogens (primary N) is 1. The Bertz CT molecular complexity index is 571. The molecule has 0 unspecified atom stereocenters. The van der Waals surface area contributed by atoms with Crippen molar-refractivity contribution < 1.29 is 4.79 Å². The molecule has 4 nitrogen and oxygen atoms in total. The third-order valence-corrected chi connectivity index (χ3v) is 2.65. The van der Waals surface area contributed by atoms with E-state index in [9.17, 15) is 4.79 Å². The Balaban J connectivity index is 2.79. The smallest absolute Gasteiger partial charge is 0.268 e. The van der Waals surface area contributed by atoms with Gasteiger partial charge in [-0.2, -0.15) is 0 Å². The van der Waals surface area contributed by atoms with Crippen molar-refractivity contribution in [3.05, 3.63) is 40.0 Å². The first kappa shape index (κ1) is 11.1. The van der Waals surface area contributed by atoms with Crippen molar-refractivity contribution in [2.45, 2.75) is 0 Å². The molecule has 0 aliphatic heterocycles. The van der Waals surface area contributed by atoms with Crippen LogP contribution >= 0.6 is 23.2 Å². The second kappa shape index (κ2) is 4.25. The molecule has 82 valence electrons. The van der Waals surface area contributed by atoms with Crippen LogP contribution in [0.25, 0.3) is 10.9 Å². The summed E-state index contributed by atoms with van der Waals surface area (Å²) in [5.74, 6) is 4.60. The van der Waals surface area contributed by atoms with Crippen LogP contribution in [0.1, 0.15) is 10.4 Å². The maximum absolute atomic E-state index is 11.5. The van der Waals surface area contributed by atoms with E-state index in [2.05, 4.69) is 4.98 Å². The number of hydrogen-bond donors (Lipinski definition) is 2. The van der Waals surface area contributed by atoms with E-state index in [0.717, 1.165) is 5.39 Å². The standard InChI is InChI=1S/C10H7Cl2N3O/c11-6-3-5-1-2-7(12)8(10(16)15-13)9(5)14-4-6/h1-4H,13H2,(H,15,16). The summed E-state index contributed by atoms with van der Waals surface area (Å²) in [5.41, 5.74) is 2.75. The number of benzene rings is 1. The van der Waals surface area contributed by atoms with Crippen LogP contribution in [0.3, 0.4) is 0 Å². The Morgan fingerprint density at radius 2 is 2.12 bits per heavy atom. The molecule has 16 heavy (non-hydrogen) atoms. The second-order valence-corrected chi connectivity index (χ2v) is 3.96. The molecule has 0 fully saturated rings. The highest BCUT2D eigenvalue weighted by molar-refractivity contribution is 6.36. The zero-order valence-corrected chi connectivity index (χ0v) is 9.51. The fourth-order valence-electron chi connectivity index (χ4n) is 1.44. The molecular formula is C10H7Cl2N3O. The molecular weight excluding hydrogens is 249 g/mol. The molecule has 0 spiro atoms. The summed E-state index contributed by atoms with van der Waals surface area (Å²) in [6, 6.07) is 5.05. The molecule has 2 aromatic rings. The molecule has 0 aliphatic carbocycles. The van der Waals surface area contributed by atoms with Crippen molar-refractivity contribution in [3.8, 4) is 0 Å². The van der Waals surface area contributed by atoms with E-state index in [1.165, 1.54) is 6.20 Å². The fourth-order valence-corrected chi connectivity index (χ4v) is 1.84. The summed E-state index contributed by atoms with van der Waals surface area (Å²) >= 11 is 11.7. The largest absolute Gasteiger partial charge is 0.290 e. The average Bonchev–Trinajstić information content (AvgIpc) is 2.28. The lowest BCUT2D eigenvalue weighted by atomic mass is 10.1. The summed E-state index contributed by atoms with van der Waals surface area (Å²) < 4.78 is 0. The summed E-state index contributed by atoms with van der Waals surface area (Å²) in [5, 5.41) is 1.52. The van der Waals surface area contributed by atoms with Crippen molar-refractivity contribution in [3.63, 3.8) is 0 Å². The molecule has 0 atom stereocenters. The lowest BCUT2D eigenvalue weighted by Crippen LogP contribution is -2.30. The molecule has 1 heterocycles. The van der Waals surface area contributed by atoms with Gasteiger partial charge in [0.2, 0.25) is 0 Å². The first-order valence-electron chi connectivity index (χ1n) is 4.38. The third kappa shape index (κ3) is 1.82. The van der Waals surface area contributed by atoms with E-state index in [-0.39, 0.29) is 5.56 Å². The van der Waals surface area contributed by atoms with E-state index in [1.54, 1.807) is 18.2 Å². The van der Waals surface area contributed by atoms with Gasteiger partial charge >= 0.3 is 0 Å². The number of amides is 1. The van der Waals surface area contributed by atoms with Crippen molar-refractivity contribution in [1.82, 2.24) is 10.4 Å². The number of fused-ring (bicyclic) bond motifs is 1. The number of hydrogen-bond acceptors (Lipinski definition) is 3. The Kier molecular flexibility index (Phi) is 2.96. The van der Waals surface area contributed by atoms with Gasteiger partial charge in [0.05, 0.1) is 21.1 Å². The van der Waals surface area contributed by atoms with Crippen LogP contribution in [0.4, 0.5) is 0 Å². The van der Waals surface area contributed by atoms with Crippen LogP contribution in [0.15, 0.2) is 24.4 Å². The van der Waals surface area contributed by atoms with Gasteiger partial charge in [-0.05, 0) is 12.1 Å². The van der Waals surface area contributed by atoms with Gasteiger partial charge < -0.3 is 0 Å². The van der Waals surface area contributed by atoms with E-state index in [0.29, 0.717) is 15.6 Å². The number of halogens is 2. The highest BCUT2D eigenvalue weighted by Gasteiger charge is 2.14. The number of nitrogens with zero attached hydrogens (tertiary/aromatic N) is 1. The summed E-state index contributed by atoms with van der Waals surface area (Å²) in [7, 11) is 0. The van der Waals surface area contributed by atoms with Gasteiger partial charge in [0.1, 0.15) is 0 Å². The minimum atomic E-state index is -0.481. The molecule has 0 saturated heterocycles. The Labute approximate surface area is 101 Å². The molecule has 0 bridgehead atoms. The van der Waals surface area contributed by atoms with E-state index < -0.39 is 5.91 Å². The Morgan fingerprint density at radius 3 is 2.81 bits per heavy atom. The highest BCUT2D eigenvalue weighted by Crippen LogP contribution is 2.26. The average molecular weight is 256 g/mol. The predicted molar refractivity (Wildman–Crippen MR) is 63.4 cm³/mol. The predicted octanol–water partition coefficient (Wildman–Crippen LogP) is 2.15. The number of carbonyl (C=O) groups excluding carboxylic acids is 1. The summed E-state index contributed by atoms with van der Waals surface area (Å²) in [4.78, 5) is 15.6. The number of aromatic nitrogens is 1. The van der Waals surface area contributed by atoms with Crippen molar-refractivity contribution in [1.29, 1.82) is 0 Å². The molecule has 2 rings (SSSR count). The third-order valence-electron chi connectivity index (χ3n) is 2.13. The topological polar surface area (TPSA) is 68.0 Å². The molecule has 6 heteroatoms. The van der Waals surface area contributed by atoms with E-state index in [4.69, 9.17) is 29.0 Å². The second-order valence-electron chi connectivity index (χ2n) is 3.12. The minimum absolute atomic E-state index is 0.248. The lowest BCUT2D eigenvalue weighted by molar-refractivity contribution is 0.0955. The van der Waals surface area contributed by atoms with Gasteiger partial charge in [-0.15, -0.1) is 0 Å². The van der Waals surface area contributed by atoms with Gasteiger partial charge in [0.25, 0.3) is 5.91 Å². The number of hydrazine groups is 1. The van der Waals surface area contributed by atoms with E-state index >= 15 is 0 Å². The molecule has 0 radical (unpaired) electrons. The van der Waals surface area contributed by atoms with Gasteiger partial charge in [-0.1, -0.05) is 29.3 Å². The van der Waals surface area contributed by atoms with Crippen molar-refractivity contribution in [2.75, 3.05) is 0 Å². The first-order chi connectivity index (χ1) is 7.63. The highest BCUT2D eigenvalue weighted by atomic mass is 35.5. The van der Waals surface area contributed by atoms with E-state index in [1.807, 2.05) is 5.43 Å². The monoisotopic (exact) mass is 255 g/mol. The van der Waals surface area contributed by atoms with Gasteiger partial charge in [-0.25, -0.2) is 5.84 Å². The maximum atomic E-state index is 11.5. The molecule has 3 N–H and O–H groups in total. The lowest BCUT2D eigenvalue weighted by Gasteiger charge is -2.06. The SMILES string of the molecule is NNC(=O)c1c(Cl)ccc2cc(Cl)cnc12. The van der Waals surface area contributed by atoms with Crippen LogP contribution in [-0.4, -0.2) is 10.9 Å².